The third-order valence-corrected chi connectivity index (χ3v) is 5.29. The molecule has 96 valence electrons. The number of halogens is 1. The van der Waals surface area contributed by atoms with E-state index in [9.17, 15) is 12.8 Å². The van der Waals surface area contributed by atoms with Crippen LogP contribution in [0.3, 0.4) is 0 Å². The van der Waals surface area contributed by atoms with E-state index in [0.29, 0.717) is 0 Å². The largest absolute Gasteiger partial charge is 0.244 e. The van der Waals surface area contributed by atoms with Gasteiger partial charge < -0.3 is 0 Å². The summed E-state index contributed by atoms with van der Waals surface area (Å²) in [6.07, 6.45) is 2.62. The third-order valence-electron chi connectivity index (χ3n) is 3.33. The zero-order chi connectivity index (χ0) is 13.3. The Bertz CT molecular complexity index is 603. The second-order valence-electron chi connectivity index (χ2n) is 4.33. The summed E-state index contributed by atoms with van der Waals surface area (Å²) in [7, 11) is -2.32. The van der Waals surface area contributed by atoms with E-state index in [1.54, 1.807) is 6.07 Å². The first-order chi connectivity index (χ1) is 8.48. The quantitative estimate of drug-likeness (QED) is 0.840. The van der Waals surface area contributed by atoms with Gasteiger partial charge in [0.1, 0.15) is 22.3 Å². The van der Waals surface area contributed by atoms with Gasteiger partial charge in [-0.3, -0.25) is 0 Å². The highest BCUT2D eigenvalue weighted by Crippen LogP contribution is 2.30. The van der Waals surface area contributed by atoms with Gasteiger partial charge in [0.25, 0.3) is 0 Å². The Labute approximate surface area is 106 Å². The summed E-state index contributed by atoms with van der Waals surface area (Å²) in [5.41, 5.74) is -0.413. The Kier molecular flexibility index (Phi) is 3.37. The molecule has 0 bridgehead atoms. The molecule has 0 unspecified atom stereocenters. The average molecular weight is 268 g/mol. The maximum absolute atomic E-state index is 13.4. The maximum atomic E-state index is 13.4. The van der Waals surface area contributed by atoms with Gasteiger partial charge in [0.05, 0.1) is 0 Å². The predicted octanol–water partition coefficient (Wildman–Crippen LogP) is 1.87. The fourth-order valence-electron chi connectivity index (χ4n) is 1.93. The fourth-order valence-corrected chi connectivity index (χ4v) is 3.49. The lowest BCUT2D eigenvalue weighted by Crippen LogP contribution is -2.41. The molecule has 0 N–H and O–H groups in total. The van der Waals surface area contributed by atoms with Crippen LogP contribution in [0, 0.1) is 17.1 Å². The molecule has 0 heterocycles. The van der Waals surface area contributed by atoms with Crippen LogP contribution >= 0.6 is 0 Å². The monoisotopic (exact) mass is 268 g/mol. The molecule has 6 heteroatoms. The molecule has 0 amide bonds. The van der Waals surface area contributed by atoms with Crippen LogP contribution in [0.15, 0.2) is 23.1 Å². The van der Waals surface area contributed by atoms with Crippen LogP contribution in [-0.4, -0.2) is 25.8 Å². The van der Waals surface area contributed by atoms with Crippen molar-refractivity contribution in [3.63, 3.8) is 0 Å². The van der Waals surface area contributed by atoms with Gasteiger partial charge in [-0.15, -0.1) is 0 Å². The Hall–Kier alpha value is -1.45. The van der Waals surface area contributed by atoms with Crippen molar-refractivity contribution in [3.8, 4) is 6.07 Å². The van der Waals surface area contributed by atoms with Gasteiger partial charge in [0.2, 0.25) is 10.0 Å². The molecule has 0 radical (unpaired) electrons. The molecule has 1 saturated carbocycles. The van der Waals surface area contributed by atoms with Crippen molar-refractivity contribution < 1.29 is 12.8 Å². The smallest absolute Gasteiger partial charge is 0.207 e. The Morgan fingerprint density at radius 3 is 2.61 bits per heavy atom. The minimum absolute atomic E-state index is 0.0372. The number of hydrogen-bond donors (Lipinski definition) is 0. The highest BCUT2D eigenvalue weighted by Gasteiger charge is 2.33. The SMILES string of the molecule is CN(C1CCC1)S(=O)(=O)c1cccc(F)c1C#N. The van der Waals surface area contributed by atoms with Crippen molar-refractivity contribution in [1.29, 1.82) is 5.26 Å². The second-order valence-corrected chi connectivity index (χ2v) is 6.30. The van der Waals surface area contributed by atoms with Gasteiger partial charge >= 0.3 is 0 Å². The van der Waals surface area contributed by atoms with Gasteiger partial charge in [-0.05, 0) is 25.0 Å². The molecule has 4 nitrogen and oxygen atoms in total. The van der Waals surface area contributed by atoms with Crippen molar-refractivity contribution in [2.24, 2.45) is 0 Å². The molecule has 0 atom stereocenters. The van der Waals surface area contributed by atoms with Gasteiger partial charge in [-0.2, -0.15) is 9.57 Å². The van der Waals surface area contributed by atoms with Gasteiger partial charge in [-0.1, -0.05) is 12.5 Å². The van der Waals surface area contributed by atoms with Crippen LogP contribution < -0.4 is 0 Å². The lowest BCUT2D eigenvalue weighted by Gasteiger charge is -2.33. The molecule has 1 aliphatic rings. The minimum atomic E-state index is -3.79. The van der Waals surface area contributed by atoms with Crippen LogP contribution in [0.2, 0.25) is 0 Å². The Morgan fingerprint density at radius 1 is 1.44 bits per heavy atom. The molecule has 1 aromatic rings. The molecular weight excluding hydrogens is 255 g/mol. The van der Waals surface area contributed by atoms with Crippen molar-refractivity contribution in [3.05, 3.63) is 29.6 Å². The van der Waals surface area contributed by atoms with Crippen molar-refractivity contribution in [2.75, 3.05) is 7.05 Å². The van der Waals surface area contributed by atoms with Crippen LogP contribution in [0.1, 0.15) is 24.8 Å². The first kappa shape index (κ1) is 13.0. The third kappa shape index (κ3) is 2.00. The van der Waals surface area contributed by atoms with Crippen LogP contribution in [-0.2, 0) is 10.0 Å². The highest BCUT2D eigenvalue weighted by atomic mass is 32.2. The van der Waals surface area contributed by atoms with E-state index < -0.39 is 21.4 Å². The summed E-state index contributed by atoms with van der Waals surface area (Å²) in [4.78, 5) is -0.251. The summed E-state index contributed by atoms with van der Waals surface area (Å²) >= 11 is 0. The molecular formula is C12H13FN2O2S. The van der Waals surface area contributed by atoms with Gasteiger partial charge in [-0.25, -0.2) is 12.8 Å². The fraction of sp³-hybridized carbons (Fsp3) is 0.417. The minimum Gasteiger partial charge on any atom is -0.207 e. The van der Waals surface area contributed by atoms with Crippen LogP contribution in [0.4, 0.5) is 4.39 Å². The summed E-state index contributed by atoms with van der Waals surface area (Å²) in [5, 5.41) is 8.88. The van der Waals surface area contributed by atoms with Crippen LogP contribution in [0.25, 0.3) is 0 Å². The number of hydrogen-bond acceptors (Lipinski definition) is 3. The van der Waals surface area contributed by atoms with E-state index >= 15 is 0 Å². The van der Waals surface area contributed by atoms with E-state index in [-0.39, 0.29) is 10.9 Å². The Balaban J connectivity index is 2.48. The van der Waals surface area contributed by atoms with Gasteiger partial charge in [0.15, 0.2) is 0 Å². The lowest BCUT2D eigenvalue weighted by molar-refractivity contribution is 0.249. The molecule has 1 aliphatic carbocycles. The molecule has 0 aliphatic heterocycles. The van der Waals surface area contributed by atoms with Crippen molar-refractivity contribution in [1.82, 2.24) is 4.31 Å². The molecule has 2 rings (SSSR count). The standard InChI is InChI=1S/C12H13FN2O2S/c1-15(9-4-2-5-9)18(16,17)12-7-3-6-11(13)10(12)8-14/h3,6-7,9H,2,4-5H2,1H3. The second kappa shape index (κ2) is 4.67. The van der Waals surface area contributed by atoms with E-state index in [1.165, 1.54) is 23.5 Å². The first-order valence-corrected chi connectivity index (χ1v) is 7.09. The summed E-state index contributed by atoms with van der Waals surface area (Å²) in [6, 6.07) is 5.24. The van der Waals surface area contributed by atoms with E-state index in [1.807, 2.05) is 0 Å². The van der Waals surface area contributed by atoms with Crippen LogP contribution in [0.5, 0.6) is 0 Å². The predicted molar refractivity (Wildman–Crippen MR) is 63.7 cm³/mol. The zero-order valence-electron chi connectivity index (χ0n) is 9.93. The molecule has 1 aromatic carbocycles. The maximum Gasteiger partial charge on any atom is 0.244 e. The van der Waals surface area contributed by atoms with Gasteiger partial charge in [0, 0.05) is 13.1 Å². The number of nitriles is 1. The number of nitrogens with zero attached hydrogens (tertiary/aromatic N) is 2. The van der Waals surface area contributed by atoms with E-state index in [2.05, 4.69) is 0 Å². The molecule has 0 aromatic heterocycles. The lowest BCUT2D eigenvalue weighted by atomic mass is 9.94. The van der Waals surface area contributed by atoms with Crippen molar-refractivity contribution in [2.45, 2.75) is 30.2 Å². The zero-order valence-corrected chi connectivity index (χ0v) is 10.7. The number of benzene rings is 1. The molecule has 1 fully saturated rings. The number of sulfonamides is 1. The van der Waals surface area contributed by atoms with E-state index in [0.717, 1.165) is 25.3 Å². The normalized spacial score (nSPS) is 16.3. The Morgan fingerprint density at radius 2 is 2.11 bits per heavy atom. The molecule has 0 saturated heterocycles. The first-order valence-electron chi connectivity index (χ1n) is 5.65. The van der Waals surface area contributed by atoms with Crippen molar-refractivity contribution >= 4 is 10.0 Å². The topological polar surface area (TPSA) is 61.2 Å². The summed E-state index contributed by atoms with van der Waals surface area (Å²) in [5.74, 6) is -0.805. The molecule has 0 spiro atoms. The summed E-state index contributed by atoms with van der Waals surface area (Å²) in [6.45, 7) is 0. The highest BCUT2D eigenvalue weighted by molar-refractivity contribution is 7.89. The van der Waals surface area contributed by atoms with E-state index in [4.69, 9.17) is 5.26 Å². The average Bonchev–Trinajstić information content (AvgIpc) is 2.26. The molecule has 18 heavy (non-hydrogen) atoms. The summed E-state index contributed by atoms with van der Waals surface area (Å²) < 4.78 is 39.3. The number of rotatable bonds is 3.